The molecule has 3 heterocycles. The number of halogens is 1. The van der Waals surface area contributed by atoms with Gasteiger partial charge in [0.2, 0.25) is 5.88 Å². The molecule has 0 unspecified atom stereocenters. The normalized spacial score (nSPS) is 18.8. The number of piperidine rings is 1. The molecular formula is C24H30BrN3O2. The molecule has 2 saturated heterocycles. The Labute approximate surface area is 187 Å². The number of hydrogen-bond donors (Lipinski definition) is 0. The quantitative estimate of drug-likeness (QED) is 0.588. The van der Waals surface area contributed by atoms with Crippen LogP contribution in [0.1, 0.15) is 48.9 Å². The summed E-state index contributed by atoms with van der Waals surface area (Å²) in [5, 5.41) is 0. The van der Waals surface area contributed by atoms with Crippen molar-refractivity contribution < 1.29 is 9.53 Å². The van der Waals surface area contributed by atoms with Gasteiger partial charge in [0.1, 0.15) is 11.3 Å². The molecule has 2 fully saturated rings. The van der Waals surface area contributed by atoms with Crippen molar-refractivity contribution in [3.8, 4) is 11.6 Å². The van der Waals surface area contributed by atoms with Crippen LogP contribution in [0.25, 0.3) is 0 Å². The van der Waals surface area contributed by atoms with Gasteiger partial charge in [0, 0.05) is 30.3 Å². The van der Waals surface area contributed by atoms with Gasteiger partial charge in [0.05, 0.1) is 0 Å². The van der Waals surface area contributed by atoms with Crippen molar-refractivity contribution in [3.63, 3.8) is 0 Å². The first-order valence-electron chi connectivity index (χ1n) is 11.1. The van der Waals surface area contributed by atoms with Gasteiger partial charge in [-0.05, 0) is 81.1 Å². The van der Waals surface area contributed by atoms with E-state index in [0.717, 1.165) is 30.4 Å². The predicted molar refractivity (Wildman–Crippen MR) is 122 cm³/mol. The molecular weight excluding hydrogens is 442 g/mol. The summed E-state index contributed by atoms with van der Waals surface area (Å²) in [5.74, 6) is 1.75. The highest BCUT2D eigenvalue weighted by Gasteiger charge is 2.27. The van der Waals surface area contributed by atoms with Gasteiger partial charge < -0.3 is 14.5 Å². The van der Waals surface area contributed by atoms with Crippen LogP contribution in [0.2, 0.25) is 0 Å². The first kappa shape index (κ1) is 21.3. The molecule has 5 nitrogen and oxygen atoms in total. The molecule has 2 aliphatic rings. The Hall–Kier alpha value is -1.92. The summed E-state index contributed by atoms with van der Waals surface area (Å²) in [4.78, 5) is 22.1. The second-order valence-electron chi connectivity index (χ2n) is 8.36. The molecule has 1 aromatic heterocycles. The fourth-order valence-corrected chi connectivity index (χ4v) is 4.69. The number of nitrogens with zero attached hydrogens (tertiary/aromatic N) is 3. The van der Waals surface area contributed by atoms with Gasteiger partial charge in [0.25, 0.3) is 5.91 Å². The number of rotatable bonds is 5. The highest BCUT2D eigenvalue weighted by Crippen LogP contribution is 2.27. The predicted octanol–water partition coefficient (Wildman–Crippen LogP) is 5.36. The first-order valence-corrected chi connectivity index (χ1v) is 11.9. The van der Waals surface area contributed by atoms with Crippen molar-refractivity contribution >= 4 is 21.8 Å². The summed E-state index contributed by atoms with van der Waals surface area (Å²) in [6, 6.07) is 11.2. The summed E-state index contributed by atoms with van der Waals surface area (Å²) in [6.45, 7) is 5.29. The first-order chi connectivity index (χ1) is 14.7. The Morgan fingerprint density at radius 2 is 1.70 bits per heavy atom. The van der Waals surface area contributed by atoms with E-state index in [1.807, 2.05) is 35.2 Å². The number of carbonyl (C=O) groups excluding carboxylic acids is 1. The minimum absolute atomic E-state index is 0.0171. The maximum atomic E-state index is 13.2. The van der Waals surface area contributed by atoms with Crippen molar-refractivity contribution in [2.45, 2.75) is 38.5 Å². The number of likely N-dealkylation sites (tertiary alicyclic amines) is 2. The van der Waals surface area contributed by atoms with Gasteiger partial charge in [-0.25, -0.2) is 4.98 Å². The number of amides is 1. The number of hydrogen-bond acceptors (Lipinski definition) is 4. The molecule has 2 aliphatic heterocycles. The van der Waals surface area contributed by atoms with Crippen molar-refractivity contribution in [1.29, 1.82) is 0 Å². The largest absolute Gasteiger partial charge is 0.438 e. The fourth-order valence-electron chi connectivity index (χ4n) is 4.42. The van der Waals surface area contributed by atoms with Crippen molar-refractivity contribution in [2.75, 3.05) is 32.7 Å². The lowest BCUT2D eigenvalue weighted by Crippen LogP contribution is -2.42. The van der Waals surface area contributed by atoms with Gasteiger partial charge in [-0.15, -0.1) is 0 Å². The van der Waals surface area contributed by atoms with Crippen molar-refractivity contribution in [1.82, 2.24) is 14.8 Å². The summed E-state index contributed by atoms with van der Waals surface area (Å²) in [7, 11) is 0. The lowest BCUT2D eigenvalue weighted by Gasteiger charge is -2.34. The Morgan fingerprint density at radius 3 is 2.40 bits per heavy atom. The van der Waals surface area contributed by atoms with E-state index in [1.54, 1.807) is 12.3 Å². The van der Waals surface area contributed by atoms with E-state index in [2.05, 4.69) is 25.8 Å². The van der Waals surface area contributed by atoms with Gasteiger partial charge in [0.15, 0.2) is 0 Å². The maximum absolute atomic E-state index is 13.2. The average Bonchev–Trinajstić information content (AvgIpc) is 3.04. The molecule has 2 aromatic rings. The van der Waals surface area contributed by atoms with E-state index in [9.17, 15) is 4.79 Å². The molecule has 160 valence electrons. The minimum Gasteiger partial charge on any atom is -0.438 e. The highest BCUT2D eigenvalue weighted by atomic mass is 79.9. The van der Waals surface area contributed by atoms with Crippen molar-refractivity contribution in [2.24, 2.45) is 5.92 Å². The molecule has 0 radical (unpaired) electrons. The van der Waals surface area contributed by atoms with Gasteiger partial charge >= 0.3 is 0 Å². The van der Waals surface area contributed by atoms with Gasteiger partial charge in [-0.2, -0.15) is 0 Å². The van der Waals surface area contributed by atoms with Crippen LogP contribution in [0, 0.1) is 5.92 Å². The van der Waals surface area contributed by atoms with E-state index >= 15 is 0 Å². The monoisotopic (exact) mass is 471 g/mol. The Kier molecular flexibility index (Phi) is 7.39. The second-order valence-corrected chi connectivity index (χ2v) is 9.28. The zero-order valence-electron chi connectivity index (χ0n) is 17.4. The standard InChI is InChI=1S/C24H30BrN3O2/c25-20-7-9-21(10-8-20)30-23-22(6-5-13-26-23)24(29)28-16-11-19(12-17-28)18-27-14-3-1-2-4-15-27/h5-10,13,19H,1-4,11-12,14-18H2. The lowest BCUT2D eigenvalue weighted by molar-refractivity contribution is 0.0664. The Bertz CT molecular complexity index is 827. The second kappa shape index (κ2) is 10.4. The molecule has 0 atom stereocenters. The summed E-state index contributed by atoms with van der Waals surface area (Å²) in [5.41, 5.74) is 0.534. The molecule has 1 amide bonds. The SMILES string of the molecule is O=C(c1cccnc1Oc1ccc(Br)cc1)N1CCC(CN2CCCCCC2)CC1. The fraction of sp³-hybridized carbons (Fsp3) is 0.500. The summed E-state index contributed by atoms with van der Waals surface area (Å²) >= 11 is 3.43. The molecule has 0 saturated carbocycles. The van der Waals surface area contributed by atoms with Crippen LogP contribution in [-0.4, -0.2) is 53.4 Å². The zero-order chi connectivity index (χ0) is 20.8. The van der Waals surface area contributed by atoms with Crippen LogP contribution < -0.4 is 4.74 Å². The molecule has 4 rings (SSSR count). The molecule has 0 aliphatic carbocycles. The topological polar surface area (TPSA) is 45.7 Å². The third kappa shape index (κ3) is 5.61. The molecule has 30 heavy (non-hydrogen) atoms. The smallest absolute Gasteiger partial charge is 0.259 e. The number of ether oxygens (including phenoxy) is 1. The molecule has 1 aromatic carbocycles. The van der Waals surface area contributed by atoms with Crippen LogP contribution in [0.3, 0.4) is 0 Å². The number of pyridine rings is 1. The number of benzene rings is 1. The minimum atomic E-state index is 0.0171. The summed E-state index contributed by atoms with van der Waals surface area (Å²) in [6.07, 6.45) is 9.23. The van der Waals surface area contributed by atoms with Gasteiger partial charge in [-0.1, -0.05) is 28.8 Å². The third-order valence-corrected chi connectivity index (χ3v) is 6.68. The van der Waals surface area contributed by atoms with E-state index in [1.165, 1.54) is 45.3 Å². The third-order valence-electron chi connectivity index (χ3n) is 6.15. The van der Waals surface area contributed by atoms with Crippen LogP contribution in [0.5, 0.6) is 11.6 Å². The highest BCUT2D eigenvalue weighted by molar-refractivity contribution is 9.10. The van der Waals surface area contributed by atoms with Crippen LogP contribution in [-0.2, 0) is 0 Å². The van der Waals surface area contributed by atoms with Crippen LogP contribution >= 0.6 is 15.9 Å². The van der Waals surface area contributed by atoms with Crippen LogP contribution in [0.15, 0.2) is 47.1 Å². The molecule has 0 N–H and O–H groups in total. The molecule has 0 spiro atoms. The zero-order valence-corrected chi connectivity index (χ0v) is 19.0. The average molecular weight is 472 g/mol. The van der Waals surface area contributed by atoms with Crippen LogP contribution in [0.4, 0.5) is 0 Å². The van der Waals surface area contributed by atoms with E-state index in [-0.39, 0.29) is 5.91 Å². The summed E-state index contributed by atoms with van der Waals surface area (Å²) < 4.78 is 6.91. The van der Waals surface area contributed by atoms with E-state index < -0.39 is 0 Å². The Balaban J connectivity index is 1.35. The lowest BCUT2D eigenvalue weighted by atomic mass is 9.95. The maximum Gasteiger partial charge on any atom is 0.259 e. The molecule has 6 heteroatoms. The Morgan fingerprint density at radius 1 is 1.00 bits per heavy atom. The molecule has 0 bridgehead atoms. The number of carbonyl (C=O) groups is 1. The van der Waals surface area contributed by atoms with E-state index in [0.29, 0.717) is 23.1 Å². The van der Waals surface area contributed by atoms with Crippen molar-refractivity contribution in [3.05, 3.63) is 52.6 Å². The number of aromatic nitrogens is 1. The van der Waals surface area contributed by atoms with E-state index in [4.69, 9.17) is 4.74 Å². The van der Waals surface area contributed by atoms with Gasteiger partial charge in [-0.3, -0.25) is 4.79 Å².